The molecule has 17 heavy (non-hydrogen) atoms. The highest BCUT2D eigenvalue weighted by molar-refractivity contribution is 4.87. The van der Waals surface area contributed by atoms with Crippen molar-refractivity contribution < 1.29 is 0 Å². The van der Waals surface area contributed by atoms with Gasteiger partial charge in [0.05, 0.1) is 0 Å². The summed E-state index contributed by atoms with van der Waals surface area (Å²) < 4.78 is 0. The van der Waals surface area contributed by atoms with Crippen molar-refractivity contribution in [2.24, 2.45) is 0 Å². The number of aromatic nitrogens is 2. The fourth-order valence-corrected chi connectivity index (χ4v) is 2.03. The highest BCUT2D eigenvalue weighted by Crippen LogP contribution is 2.06. The van der Waals surface area contributed by atoms with Crippen molar-refractivity contribution >= 4 is 0 Å². The van der Waals surface area contributed by atoms with Gasteiger partial charge in [-0.1, -0.05) is 39.0 Å². The second kappa shape index (κ2) is 9.23. The summed E-state index contributed by atoms with van der Waals surface area (Å²) in [5, 5.41) is 3.55. The van der Waals surface area contributed by atoms with Crippen molar-refractivity contribution in [1.29, 1.82) is 0 Å². The minimum atomic E-state index is 0.631. The lowest BCUT2D eigenvalue weighted by Crippen LogP contribution is -2.28. The third-order valence-corrected chi connectivity index (χ3v) is 3.15. The maximum atomic E-state index is 4.21. The molecule has 1 aromatic heterocycles. The minimum absolute atomic E-state index is 0.631. The Labute approximate surface area is 105 Å². The summed E-state index contributed by atoms with van der Waals surface area (Å²) in [6.07, 6.45) is 12.8. The number of unbranched alkanes of at least 4 members (excludes halogenated alkanes) is 4. The van der Waals surface area contributed by atoms with Crippen molar-refractivity contribution in [3.05, 3.63) is 18.2 Å². The average Bonchev–Trinajstić information content (AvgIpc) is 2.82. The summed E-state index contributed by atoms with van der Waals surface area (Å²) in [5.41, 5.74) is 0. The second-order valence-corrected chi connectivity index (χ2v) is 4.84. The Morgan fingerprint density at radius 3 is 2.82 bits per heavy atom. The summed E-state index contributed by atoms with van der Waals surface area (Å²) in [5.74, 6) is 1.08. The largest absolute Gasteiger partial charge is 0.349 e. The van der Waals surface area contributed by atoms with E-state index in [2.05, 4.69) is 29.1 Å². The number of rotatable bonds is 10. The second-order valence-electron chi connectivity index (χ2n) is 4.84. The molecule has 0 saturated heterocycles. The van der Waals surface area contributed by atoms with E-state index in [9.17, 15) is 0 Å². The molecule has 0 amide bonds. The van der Waals surface area contributed by atoms with Crippen molar-refractivity contribution in [3.63, 3.8) is 0 Å². The summed E-state index contributed by atoms with van der Waals surface area (Å²) >= 11 is 0. The first-order valence-corrected chi connectivity index (χ1v) is 7.04. The van der Waals surface area contributed by atoms with Crippen LogP contribution in [0.1, 0.15) is 58.2 Å². The summed E-state index contributed by atoms with van der Waals surface area (Å²) in [4.78, 5) is 7.34. The summed E-state index contributed by atoms with van der Waals surface area (Å²) in [6, 6.07) is 0.631. The van der Waals surface area contributed by atoms with Crippen LogP contribution >= 0.6 is 0 Å². The van der Waals surface area contributed by atoms with E-state index < -0.39 is 0 Å². The first-order chi connectivity index (χ1) is 8.33. The maximum Gasteiger partial charge on any atom is 0.107 e. The highest BCUT2D eigenvalue weighted by atomic mass is 14.9. The number of imidazole rings is 1. The molecule has 1 heterocycles. The van der Waals surface area contributed by atoms with Gasteiger partial charge in [0.15, 0.2) is 0 Å². The van der Waals surface area contributed by atoms with Gasteiger partial charge in [-0.25, -0.2) is 4.98 Å². The van der Waals surface area contributed by atoms with Crippen LogP contribution in [0.3, 0.4) is 0 Å². The van der Waals surface area contributed by atoms with E-state index in [4.69, 9.17) is 0 Å². The molecule has 0 fully saturated rings. The Bertz CT molecular complexity index is 256. The van der Waals surface area contributed by atoms with E-state index in [1.165, 1.54) is 38.5 Å². The van der Waals surface area contributed by atoms with E-state index in [1.807, 2.05) is 12.4 Å². The van der Waals surface area contributed by atoms with Gasteiger partial charge >= 0.3 is 0 Å². The lowest BCUT2D eigenvalue weighted by atomic mass is 10.1. The molecule has 0 aromatic carbocycles. The number of hydrogen-bond acceptors (Lipinski definition) is 2. The zero-order chi connectivity index (χ0) is 12.3. The van der Waals surface area contributed by atoms with Crippen molar-refractivity contribution in [3.8, 4) is 0 Å². The highest BCUT2D eigenvalue weighted by Gasteiger charge is 2.01. The quantitative estimate of drug-likeness (QED) is 0.613. The van der Waals surface area contributed by atoms with E-state index in [-0.39, 0.29) is 0 Å². The lowest BCUT2D eigenvalue weighted by Gasteiger charge is -2.12. The van der Waals surface area contributed by atoms with Crippen LogP contribution in [0.25, 0.3) is 0 Å². The van der Waals surface area contributed by atoms with Gasteiger partial charge in [0, 0.05) is 31.4 Å². The first kappa shape index (κ1) is 14.2. The first-order valence-electron chi connectivity index (χ1n) is 7.04. The molecule has 0 bridgehead atoms. The minimum Gasteiger partial charge on any atom is -0.349 e. The molecule has 0 aliphatic carbocycles. The predicted octanol–water partition coefficient (Wildman–Crippen LogP) is 3.29. The molecule has 1 atom stereocenters. The smallest absolute Gasteiger partial charge is 0.107 e. The Balaban J connectivity index is 1.92. The van der Waals surface area contributed by atoms with Crippen LogP contribution in [0, 0.1) is 0 Å². The van der Waals surface area contributed by atoms with Gasteiger partial charge in [0.2, 0.25) is 0 Å². The monoisotopic (exact) mass is 237 g/mol. The van der Waals surface area contributed by atoms with Gasteiger partial charge in [-0.2, -0.15) is 0 Å². The average molecular weight is 237 g/mol. The van der Waals surface area contributed by atoms with Gasteiger partial charge in [-0.3, -0.25) is 0 Å². The molecule has 0 aliphatic heterocycles. The fraction of sp³-hybridized carbons (Fsp3) is 0.786. The third kappa shape index (κ3) is 7.16. The molecule has 1 unspecified atom stereocenters. The van der Waals surface area contributed by atoms with Crippen molar-refractivity contribution in [1.82, 2.24) is 15.3 Å². The van der Waals surface area contributed by atoms with Crippen LogP contribution in [-0.2, 0) is 6.42 Å². The Morgan fingerprint density at radius 1 is 1.29 bits per heavy atom. The lowest BCUT2D eigenvalue weighted by molar-refractivity contribution is 0.481. The van der Waals surface area contributed by atoms with Gasteiger partial charge in [-0.05, 0) is 13.3 Å². The fourth-order valence-electron chi connectivity index (χ4n) is 2.03. The van der Waals surface area contributed by atoms with E-state index in [0.717, 1.165) is 18.8 Å². The van der Waals surface area contributed by atoms with Gasteiger partial charge in [-0.15, -0.1) is 0 Å². The number of aromatic amines is 1. The Hall–Kier alpha value is -0.830. The van der Waals surface area contributed by atoms with Crippen LogP contribution in [0.15, 0.2) is 12.4 Å². The van der Waals surface area contributed by atoms with Crippen LogP contribution in [-0.4, -0.2) is 22.6 Å². The Kier molecular flexibility index (Phi) is 7.72. The summed E-state index contributed by atoms with van der Waals surface area (Å²) in [6.45, 7) is 5.56. The molecule has 0 saturated carbocycles. The molecule has 1 aromatic rings. The predicted molar refractivity (Wildman–Crippen MR) is 73.1 cm³/mol. The number of nitrogens with zero attached hydrogens (tertiary/aromatic N) is 1. The van der Waals surface area contributed by atoms with Gasteiger partial charge in [0.25, 0.3) is 0 Å². The van der Waals surface area contributed by atoms with Gasteiger partial charge in [0.1, 0.15) is 5.82 Å². The van der Waals surface area contributed by atoms with E-state index in [0.29, 0.717) is 6.04 Å². The van der Waals surface area contributed by atoms with Gasteiger partial charge < -0.3 is 10.3 Å². The summed E-state index contributed by atoms with van der Waals surface area (Å²) in [7, 11) is 0. The van der Waals surface area contributed by atoms with Crippen LogP contribution < -0.4 is 5.32 Å². The molecule has 98 valence electrons. The van der Waals surface area contributed by atoms with Crippen LogP contribution in [0.4, 0.5) is 0 Å². The normalized spacial score (nSPS) is 12.8. The zero-order valence-electron chi connectivity index (χ0n) is 11.3. The van der Waals surface area contributed by atoms with E-state index in [1.54, 1.807) is 0 Å². The molecule has 0 spiro atoms. The molecule has 0 aliphatic rings. The maximum absolute atomic E-state index is 4.21. The Morgan fingerprint density at radius 2 is 2.12 bits per heavy atom. The van der Waals surface area contributed by atoms with Crippen LogP contribution in [0.2, 0.25) is 0 Å². The molecule has 2 N–H and O–H groups in total. The van der Waals surface area contributed by atoms with E-state index >= 15 is 0 Å². The topological polar surface area (TPSA) is 40.7 Å². The third-order valence-electron chi connectivity index (χ3n) is 3.15. The van der Waals surface area contributed by atoms with Crippen molar-refractivity contribution in [2.45, 2.75) is 64.8 Å². The molecule has 1 rings (SSSR count). The standard InChI is InChI=1S/C14H27N3/c1-3-4-5-6-7-8-13(2)15-10-9-14-16-11-12-17-14/h11-13,15H,3-10H2,1-2H3,(H,16,17). The number of hydrogen-bond donors (Lipinski definition) is 2. The number of nitrogens with one attached hydrogen (secondary N) is 2. The molecule has 3 heteroatoms. The molecule has 3 nitrogen and oxygen atoms in total. The van der Waals surface area contributed by atoms with Crippen molar-refractivity contribution in [2.75, 3.05) is 6.54 Å². The zero-order valence-corrected chi connectivity index (χ0v) is 11.3. The molecular formula is C14H27N3. The number of H-pyrrole nitrogens is 1. The molecular weight excluding hydrogens is 210 g/mol. The van der Waals surface area contributed by atoms with Crippen LogP contribution in [0.5, 0.6) is 0 Å². The SMILES string of the molecule is CCCCCCCC(C)NCCc1ncc[nH]1. The molecule has 0 radical (unpaired) electrons.